The van der Waals surface area contributed by atoms with Crippen molar-refractivity contribution >= 4 is 22.4 Å². The molecule has 1 aromatic heterocycles. The van der Waals surface area contributed by atoms with E-state index >= 15 is 0 Å². The Kier molecular flexibility index (Phi) is 3.52. The van der Waals surface area contributed by atoms with Crippen LogP contribution in [0.3, 0.4) is 0 Å². The van der Waals surface area contributed by atoms with E-state index in [0.29, 0.717) is 5.56 Å². The lowest BCUT2D eigenvalue weighted by molar-refractivity contribution is -0.138. The van der Waals surface area contributed by atoms with E-state index in [0.717, 1.165) is 5.56 Å². The average molecular weight is 287 g/mol. The Morgan fingerprint density at radius 1 is 1.32 bits per heavy atom. The van der Waals surface area contributed by atoms with Crippen LogP contribution in [0.2, 0.25) is 0 Å². The van der Waals surface area contributed by atoms with Crippen LogP contribution in [-0.4, -0.2) is 16.1 Å². The van der Waals surface area contributed by atoms with Crippen LogP contribution in [0.25, 0.3) is 0 Å². The standard InChI is InChI=1S/C11H8F3N3OS/c1-6-3-2-4-7(5-6)8(18)15-10-17-16-9(19-10)11(12,13)14/h2-5H,1H3,(H,15,17,18). The highest BCUT2D eigenvalue weighted by molar-refractivity contribution is 7.15. The first kappa shape index (κ1) is 13.5. The predicted molar refractivity (Wildman–Crippen MR) is 64.0 cm³/mol. The number of aromatic nitrogens is 2. The number of alkyl halides is 3. The Balaban J connectivity index is 2.13. The third-order valence-corrected chi connectivity index (χ3v) is 3.05. The van der Waals surface area contributed by atoms with Gasteiger partial charge in [0.15, 0.2) is 0 Å². The van der Waals surface area contributed by atoms with Crippen molar-refractivity contribution in [3.8, 4) is 0 Å². The first-order valence-corrected chi connectivity index (χ1v) is 5.96. The lowest BCUT2D eigenvalue weighted by Gasteiger charge is -2.02. The topological polar surface area (TPSA) is 54.9 Å². The molecule has 0 radical (unpaired) electrons. The number of nitrogens with zero attached hydrogens (tertiary/aromatic N) is 2. The molecule has 0 saturated carbocycles. The van der Waals surface area contributed by atoms with Gasteiger partial charge in [0.25, 0.3) is 5.91 Å². The molecular formula is C11H8F3N3OS. The number of carbonyl (C=O) groups excluding carboxylic acids is 1. The van der Waals surface area contributed by atoms with Crippen molar-refractivity contribution < 1.29 is 18.0 Å². The molecule has 0 atom stereocenters. The number of amides is 1. The molecule has 100 valence electrons. The molecule has 1 aromatic carbocycles. The molecule has 0 aliphatic heterocycles. The van der Waals surface area contributed by atoms with Gasteiger partial charge in [-0.15, -0.1) is 10.2 Å². The number of rotatable bonds is 2. The van der Waals surface area contributed by atoms with Crippen LogP contribution in [0, 0.1) is 6.92 Å². The largest absolute Gasteiger partial charge is 0.445 e. The normalized spacial score (nSPS) is 11.4. The van der Waals surface area contributed by atoms with Gasteiger partial charge in [0.05, 0.1) is 0 Å². The summed E-state index contributed by atoms with van der Waals surface area (Å²) in [5, 5.41) is 7.28. The number of halogens is 3. The van der Waals surface area contributed by atoms with Gasteiger partial charge in [0, 0.05) is 5.56 Å². The van der Waals surface area contributed by atoms with Gasteiger partial charge in [0.1, 0.15) is 0 Å². The molecule has 0 bridgehead atoms. The minimum atomic E-state index is -4.55. The zero-order valence-corrected chi connectivity index (χ0v) is 10.5. The first-order valence-electron chi connectivity index (χ1n) is 5.15. The van der Waals surface area contributed by atoms with E-state index in [2.05, 4.69) is 15.5 Å². The summed E-state index contributed by atoms with van der Waals surface area (Å²) in [7, 11) is 0. The number of hydrogen-bond donors (Lipinski definition) is 1. The number of hydrogen-bond acceptors (Lipinski definition) is 4. The van der Waals surface area contributed by atoms with E-state index < -0.39 is 17.1 Å². The van der Waals surface area contributed by atoms with Crippen LogP contribution in [0.4, 0.5) is 18.3 Å². The van der Waals surface area contributed by atoms with E-state index in [1.54, 1.807) is 18.2 Å². The molecule has 4 nitrogen and oxygen atoms in total. The molecule has 0 unspecified atom stereocenters. The summed E-state index contributed by atoms with van der Waals surface area (Å²) in [6.07, 6.45) is -4.55. The third kappa shape index (κ3) is 3.28. The van der Waals surface area contributed by atoms with Gasteiger partial charge < -0.3 is 0 Å². The minimum Gasteiger partial charge on any atom is -0.296 e. The van der Waals surface area contributed by atoms with Crippen LogP contribution in [0.1, 0.15) is 20.9 Å². The van der Waals surface area contributed by atoms with Gasteiger partial charge >= 0.3 is 6.18 Å². The summed E-state index contributed by atoms with van der Waals surface area (Å²) in [6.45, 7) is 1.81. The second-order valence-electron chi connectivity index (χ2n) is 3.73. The number of anilines is 1. The molecule has 0 spiro atoms. The molecule has 1 amide bonds. The van der Waals surface area contributed by atoms with Gasteiger partial charge in [-0.1, -0.05) is 29.0 Å². The summed E-state index contributed by atoms with van der Waals surface area (Å²) in [4.78, 5) is 11.8. The van der Waals surface area contributed by atoms with Gasteiger partial charge in [-0.2, -0.15) is 13.2 Å². The molecule has 0 aliphatic rings. The molecule has 0 saturated heterocycles. The van der Waals surface area contributed by atoms with Crippen LogP contribution < -0.4 is 5.32 Å². The lowest BCUT2D eigenvalue weighted by Crippen LogP contribution is -2.11. The maximum atomic E-state index is 12.3. The second kappa shape index (κ2) is 4.96. The maximum absolute atomic E-state index is 12.3. The smallest absolute Gasteiger partial charge is 0.296 e. The summed E-state index contributed by atoms with van der Waals surface area (Å²) in [5.74, 6) is -0.520. The van der Waals surface area contributed by atoms with Crippen molar-refractivity contribution in [1.29, 1.82) is 0 Å². The number of benzene rings is 1. The van der Waals surface area contributed by atoms with E-state index in [9.17, 15) is 18.0 Å². The van der Waals surface area contributed by atoms with Gasteiger partial charge in [0.2, 0.25) is 10.1 Å². The summed E-state index contributed by atoms with van der Waals surface area (Å²) in [5.41, 5.74) is 1.23. The van der Waals surface area contributed by atoms with E-state index in [4.69, 9.17) is 0 Å². The third-order valence-electron chi connectivity index (χ3n) is 2.17. The minimum absolute atomic E-state index is 0.182. The van der Waals surface area contributed by atoms with E-state index in [-0.39, 0.29) is 16.5 Å². The van der Waals surface area contributed by atoms with E-state index in [1.807, 2.05) is 13.0 Å². The van der Waals surface area contributed by atoms with Crippen LogP contribution in [-0.2, 0) is 6.18 Å². The Morgan fingerprint density at radius 2 is 2.05 bits per heavy atom. The van der Waals surface area contributed by atoms with Gasteiger partial charge in [-0.05, 0) is 19.1 Å². The fraction of sp³-hybridized carbons (Fsp3) is 0.182. The Morgan fingerprint density at radius 3 is 2.63 bits per heavy atom. The Hall–Kier alpha value is -1.96. The maximum Gasteiger partial charge on any atom is 0.445 e. The highest BCUT2D eigenvalue weighted by Gasteiger charge is 2.35. The summed E-state index contributed by atoms with van der Waals surface area (Å²) < 4.78 is 36.9. The molecule has 2 aromatic rings. The molecular weight excluding hydrogens is 279 g/mol. The summed E-state index contributed by atoms with van der Waals surface area (Å²) >= 11 is 0.288. The molecule has 2 rings (SSSR count). The van der Waals surface area contributed by atoms with Crippen molar-refractivity contribution in [2.24, 2.45) is 0 Å². The lowest BCUT2D eigenvalue weighted by atomic mass is 10.1. The highest BCUT2D eigenvalue weighted by Crippen LogP contribution is 2.33. The molecule has 0 fully saturated rings. The van der Waals surface area contributed by atoms with Crippen molar-refractivity contribution in [2.75, 3.05) is 5.32 Å². The quantitative estimate of drug-likeness (QED) is 0.923. The molecule has 8 heteroatoms. The first-order chi connectivity index (χ1) is 8.86. The molecule has 1 N–H and O–H groups in total. The fourth-order valence-electron chi connectivity index (χ4n) is 1.34. The Bertz CT molecular complexity index is 609. The van der Waals surface area contributed by atoms with E-state index in [1.165, 1.54) is 0 Å². The SMILES string of the molecule is Cc1cccc(C(=O)Nc2nnc(C(F)(F)F)s2)c1. The van der Waals surface area contributed by atoms with Crippen molar-refractivity contribution in [2.45, 2.75) is 13.1 Å². The molecule has 19 heavy (non-hydrogen) atoms. The van der Waals surface area contributed by atoms with Crippen LogP contribution >= 0.6 is 11.3 Å². The number of aryl methyl sites for hydroxylation is 1. The second-order valence-corrected chi connectivity index (χ2v) is 4.71. The number of nitrogens with one attached hydrogen (secondary N) is 1. The van der Waals surface area contributed by atoms with Crippen LogP contribution in [0.15, 0.2) is 24.3 Å². The van der Waals surface area contributed by atoms with Crippen molar-refractivity contribution in [3.05, 3.63) is 40.4 Å². The van der Waals surface area contributed by atoms with Crippen molar-refractivity contribution in [3.63, 3.8) is 0 Å². The highest BCUT2D eigenvalue weighted by atomic mass is 32.1. The monoisotopic (exact) mass is 287 g/mol. The predicted octanol–water partition coefficient (Wildman–Crippen LogP) is 3.12. The zero-order chi connectivity index (χ0) is 14.0. The van der Waals surface area contributed by atoms with Gasteiger partial charge in [-0.25, -0.2) is 0 Å². The zero-order valence-electron chi connectivity index (χ0n) is 9.65. The fourth-order valence-corrected chi connectivity index (χ4v) is 1.95. The molecule has 0 aliphatic carbocycles. The van der Waals surface area contributed by atoms with Gasteiger partial charge in [-0.3, -0.25) is 10.1 Å². The molecule has 1 heterocycles. The number of carbonyl (C=O) groups is 1. The van der Waals surface area contributed by atoms with Crippen molar-refractivity contribution in [1.82, 2.24) is 10.2 Å². The van der Waals surface area contributed by atoms with Crippen LogP contribution in [0.5, 0.6) is 0 Å². The summed E-state index contributed by atoms with van der Waals surface area (Å²) in [6, 6.07) is 6.68. The Labute approximate surface area is 110 Å². The average Bonchev–Trinajstić information content (AvgIpc) is 2.77.